The fraction of sp³-hybridized carbons (Fsp3) is 0.167. The molecule has 1 aliphatic rings. The van der Waals surface area contributed by atoms with Crippen LogP contribution < -0.4 is 9.47 Å². The molecule has 0 amide bonds. The zero-order valence-electron chi connectivity index (χ0n) is 9.30. The second-order valence-electron chi connectivity index (χ2n) is 3.85. The maximum absolute atomic E-state index is 12.0. The molecule has 3 rings (SSSR count). The highest BCUT2D eigenvalue weighted by Crippen LogP contribution is 2.32. The standard InChI is InChI=1S/C12H9ClN2O3/c13-9-4-14-15(5-9)6-10(16)8-1-2-11-12(3-8)18-7-17-11/h1-5H,6-7H2. The van der Waals surface area contributed by atoms with Crippen LogP contribution in [0, 0.1) is 0 Å². The Hall–Kier alpha value is -2.01. The lowest BCUT2D eigenvalue weighted by Crippen LogP contribution is -2.10. The van der Waals surface area contributed by atoms with Crippen LogP contribution in [-0.2, 0) is 6.54 Å². The van der Waals surface area contributed by atoms with Crippen LogP contribution >= 0.6 is 11.6 Å². The van der Waals surface area contributed by atoms with E-state index in [-0.39, 0.29) is 19.1 Å². The fourth-order valence-electron chi connectivity index (χ4n) is 1.73. The van der Waals surface area contributed by atoms with E-state index in [0.717, 1.165) is 0 Å². The molecule has 0 saturated carbocycles. The number of benzene rings is 1. The van der Waals surface area contributed by atoms with E-state index >= 15 is 0 Å². The van der Waals surface area contributed by atoms with Gasteiger partial charge in [-0.3, -0.25) is 9.48 Å². The van der Waals surface area contributed by atoms with Crippen LogP contribution in [0.2, 0.25) is 5.02 Å². The number of ketones is 1. The number of Topliss-reactive ketones (excluding diaryl/α,β-unsaturated/α-hetero) is 1. The summed E-state index contributed by atoms with van der Waals surface area (Å²) in [5.41, 5.74) is 0.561. The highest BCUT2D eigenvalue weighted by molar-refractivity contribution is 6.30. The van der Waals surface area contributed by atoms with Gasteiger partial charge < -0.3 is 9.47 Å². The molecule has 5 nitrogen and oxygen atoms in total. The SMILES string of the molecule is O=C(Cn1cc(Cl)cn1)c1ccc2c(c1)OCO2. The van der Waals surface area contributed by atoms with E-state index in [2.05, 4.69) is 5.10 Å². The van der Waals surface area contributed by atoms with Gasteiger partial charge in [-0.15, -0.1) is 0 Å². The van der Waals surface area contributed by atoms with Gasteiger partial charge in [0.2, 0.25) is 6.79 Å². The molecule has 0 aliphatic carbocycles. The average molecular weight is 265 g/mol. The summed E-state index contributed by atoms with van der Waals surface area (Å²) >= 11 is 5.74. The van der Waals surface area contributed by atoms with Gasteiger partial charge in [-0.05, 0) is 18.2 Å². The molecule has 6 heteroatoms. The summed E-state index contributed by atoms with van der Waals surface area (Å²) in [6.07, 6.45) is 3.10. The first-order valence-corrected chi connectivity index (χ1v) is 5.71. The van der Waals surface area contributed by atoms with Gasteiger partial charge in [-0.25, -0.2) is 0 Å². The zero-order chi connectivity index (χ0) is 12.5. The highest BCUT2D eigenvalue weighted by atomic mass is 35.5. The molecule has 0 unspecified atom stereocenters. The van der Waals surface area contributed by atoms with Crippen molar-refractivity contribution in [2.45, 2.75) is 6.54 Å². The largest absolute Gasteiger partial charge is 0.454 e. The summed E-state index contributed by atoms with van der Waals surface area (Å²) in [5.74, 6) is 1.20. The molecule has 0 fully saturated rings. The van der Waals surface area contributed by atoms with E-state index in [0.29, 0.717) is 22.1 Å². The predicted molar refractivity (Wildman–Crippen MR) is 64.1 cm³/mol. The van der Waals surface area contributed by atoms with Crippen molar-refractivity contribution in [2.75, 3.05) is 6.79 Å². The van der Waals surface area contributed by atoms with Crippen LogP contribution in [0.3, 0.4) is 0 Å². The minimum atomic E-state index is -0.0620. The van der Waals surface area contributed by atoms with Crippen molar-refractivity contribution in [3.8, 4) is 11.5 Å². The summed E-state index contributed by atoms with van der Waals surface area (Å²) in [6, 6.07) is 5.11. The third kappa shape index (κ3) is 2.04. The van der Waals surface area contributed by atoms with Crippen molar-refractivity contribution in [3.05, 3.63) is 41.2 Å². The number of halogens is 1. The molecule has 0 bridgehead atoms. The lowest BCUT2D eigenvalue weighted by atomic mass is 10.1. The van der Waals surface area contributed by atoms with E-state index in [4.69, 9.17) is 21.1 Å². The molecule has 1 aromatic heterocycles. The first kappa shape index (κ1) is 11.1. The van der Waals surface area contributed by atoms with Gasteiger partial charge in [0.25, 0.3) is 0 Å². The number of ether oxygens (including phenoxy) is 2. The highest BCUT2D eigenvalue weighted by Gasteiger charge is 2.16. The normalized spacial score (nSPS) is 12.7. The van der Waals surface area contributed by atoms with E-state index in [1.165, 1.54) is 10.9 Å². The Bertz CT molecular complexity index is 609. The van der Waals surface area contributed by atoms with Crippen LogP contribution in [-0.4, -0.2) is 22.4 Å². The van der Waals surface area contributed by atoms with Gasteiger partial charge in [0.1, 0.15) is 6.54 Å². The summed E-state index contributed by atoms with van der Waals surface area (Å²) in [7, 11) is 0. The lowest BCUT2D eigenvalue weighted by molar-refractivity contribution is 0.0967. The fourth-order valence-corrected chi connectivity index (χ4v) is 1.89. The zero-order valence-corrected chi connectivity index (χ0v) is 10.1. The number of carbonyl (C=O) groups excluding carboxylic acids is 1. The summed E-state index contributed by atoms with van der Waals surface area (Å²) < 4.78 is 11.9. The van der Waals surface area contributed by atoms with Gasteiger partial charge in [0.05, 0.1) is 11.2 Å². The summed E-state index contributed by atoms with van der Waals surface area (Å²) in [5, 5.41) is 4.47. The topological polar surface area (TPSA) is 53.4 Å². The molecule has 0 radical (unpaired) electrons. The Kier molecular flexibility index (Phi) is 2.68. The predicted octanol–water partition coefficient (Wildman–Crippen LogP) is 2.15. The first-order valence-electron chi connectivity index (χ1n) is 5.33. The van der Waals surface area contributed by atoms with E-state index in [1.807, 2.05) is 0 Å². The molecule has 0 spiro atoms. The van der Waals surface area contributed by atoms with Gasteiger partial charge in [-0.2, -0.15) is 5.10 Å². The Morgan fingerprint density at radius 1 is 1.39 bits per heavy atom. The quantitative estimate of drug-likeness (QED) is 0.797. The molecule has 1 aliphatic heterocycles. The monoisotopic (exact) mass is 264 g/mol. The molecule has 0 atom stereocenters. The molecular formula is C12H9ClN2O3. The van der Waals surface area contributed by atoms with Gasteiger partial charge in [0.15, 0.2) is 17.3 Å². The molecule has 2 heterocycles. The third-order valence-electron chi connectivity index (χ3n) is 2.60. The van der Waals surface area contributed by atoms with Crippen molar-refractivity contribution in [3.63, 3.8) is 0 Å². The van der Waals surface area contributed by atoms with Crippen LogP contribution in [0.25, 0.3) is 0 Å². The number of hydrogen-bond donors (Lipinski definition) is 0. The van der Waals surface area contributed by atoms with Crippen molar-refractivity contribution in [1.29, 1.82) is 0 Å². The van der Waals surface area contributed by atoms with Crippen molar-refractivity contribution < 1.29 is 14.3 Å². The number of nitrogens with zero attached hydrogens (tertiary/aromatic N) is 2. The Labute approximate surface area is 108 Å². The van der Waals surface area contributed by atoms with Crippen molar-refractivity contribution >= 4 is 17.4 Å². The lowest BCUT2D eigenvalue weighted by Gasteiger charge is -2.02. The summed E-state index contributed by atoms with van der Waals surface area (Å²) in [6.45, 7) is 0.341. The summed E-state index contributed by atoms with van der Waals surface area (Å²) in [4.78, 5) is 12.0. The minimum absolute atomic E-state index is 0.0620. The second-order valence-corrected chi connectivity index (χ2v) is 4.28. The van der Waals surface area contributed by atoms with E-state index in [9.17, 15) is 4.79 Å². The van der Waals surface area contributed by atoms with Crippen LogP contribution in [0.15, 0.2) is 30.6 Å². The molecule has 2 aromatic rings. The Morgan fingerprint density at radius 2 is 2.22 bits per heavy atom. The van der Waals surface area contributed by atoms with Crippen molar-refractivity contribution in [1.82, 2.24) is 9.78 Å². The van der Waals surface area contributed by atoms with E-state index < -0.39 is 0 Å². The first-order chi connectivity index (χ1) is 8.72. The average Bonchev–Trinajstić information content (AvgIpc) is 2.96. The van der Waals surface area contributed by atoms with Gasteiger partial charge in [0, 0.05) is 11.8 Å². The Morgan fingerprint density at radius 3 is 3.00 bits per heavy atom. The third-order valence-corrected chi connectivity index (χ3v) is 2.80. The Balaban J connectivity index is 1.80. The van der Waals surface area contributed by atoms with Crippen LogP contribution in [0.4, 0.5) is 0 Å². The maximum atomic E-state index is 12.0. The van der Waals surface area contributed by atoms with Gasteiger partial charge >= 0.3 is 0 Å². The second kappa shape index (κ2) is 4.34. The minimum Gasteiger partial charge on any atom is -0.454 e. The number of aromatic nitrogens is 2. The molecule has 0 saturated heterocycles. The van der Waals surface area contributed by atoms with Crippen LogP contribution in [0.5, 0.6) is 11.5 Å². The van der Waals surface area contributed by atoms with Gasteiger partial charge in [-0.1, -0.05) is 11.6 Å². The number of hydrogen-bond acceptors (Lipinski definition) is 4. The molecule has 1 aromatic carbocycles. The molecule has 0 N–H and O–H groups in total. The maximum Gasteiger partial charge on any atom is 0.231 e. The van der Waals surface area contributed by atoms with Crippen molar-refractivity contribution in [2.24, 2.45) is 0 Å². The molecule has 92 valence electrons. The number of carbonyl (C=O) groups is 1. The smallest absolute Gasteiger partial charge is 0.231 e. The van der Waals surface area contributed by atoms with Crippen LogP contribution in [0.1, 0.15) is 10.4 Å². The number of fused-ring (bicyclic) bond motifs is 1. The molecular weight excluding hydrogens is 256 g/mol. The molecule has 18 heavy (non-hydrogen) atoms. The van der Waals surface area contributed by atoms with E-state index in [1.54, 1.807) is 24.4 Å². The number of rotatable bonds is 3.